The molecule has 2 aliphatic rings. The summed E-state index contributed by atoms with van der Waals surface area (Å²) in [5.74, 6) is 0. The highest BCUT2D eigenvalue weighted by Gasteiger charge is 2.31. The average molecular weight is 544 g/mol. The smallest absolute Gasteiger partial charge is 0.331 e. The first-order valence-corrected chi connectivity index (χ1v) is 13.3. The van der Waals surface area contributed by atoms with Crippen molar-refractivity contribution < 1.29 is 8.78 Å². The highest BCUT2D eigenvalue weighted by Crippen LogP contribution is 2.44. The Hall–Kier alpha value is -3.08. The number of hydrogen-bond acceptors (Lipinski definition) is 6. The molecule has 0 atom stereocenters. The van der Waals surface area contributed by atoms with Crippen molar-refractivity contribution in [2.75, 3.05) is 24.5 Å². The van der Waals surface area contributed by atoms with Crippen molar-refractivity contribution in [3.05, 3.63) is 79.0 Å². The van der Waals surface area contributed by atoms with E-state index in [2.05, 4.69) is 21.3 Å². The van der Waals surface area contributed by atoms with E-state index in [4.69, 9.17) is 11.6 Å². The number of benzene rings is 1. The van der Waals surface area contributed by atoms with Crippen molar-refractivity contribution in [2.24, 2.45) is 0 Å². The predicted octanol–water partition coefficient (Wildman–Crippen LogP) is 3.98. The van der Waals surface area contributed by atoms with Gasteiger partial charge in [-0.1, -0.05) is 11.6 Å². The lowest BCUT2D eigenvalue weighted by Crippen LogP contribution is -2.58. The van der Waals surface area contributed by atoms with Gasteiger partial charge in [0, 0.05) is 64.8 Å². The van der Waals surface area contributed by atoms with Crippen molar-refractivity contribution >= 4 is 38.8 Å². The molecule has 4 aromatic rings. The average Bonchev–Trinajstić information content (AvgIpc) is 3.24. The highest BCUT2D eigenvalue weighted by atomic mass is 35.5. The van der Waals surface area contributed by atoms with Gasteiger partial charge in [-0.15, -0.1) is 11.3 Å². The molecule has 192 valence electrons. The van der Waals surface area contributed by atoms with Gasteiger partial charge in [-0.25, -0.2) is 13.6 Å². The minimum absolute atomic E-state index is 0.0181. The lowest BCUT2D eigenvalue weighted by molar-refractivity contribution is 0.124. The Morgan fingerprint density at radius 1 is 1.16 bits per heavy atom. The third-order valence-corrected chi connectivity index (χ3v) is 8.39. The van der Waals surface area contributed by atoms with Crippen LogP contribution in [0.5, 0.6) is 0 Å². The van der Waals surface area contributed by atoms with E-state index in [0.717, 1.165) is 80.1 Å². The number of fused-ring (bicyclic) bond motifs is 2. The van der Waals surface area contributed by atoms with Gasteiger partial charge in [-0.3, -0.25) is 18.9 Å². The highest BCUT2D eigenvalue weighted by molar-refractivity contribution is 7.19. The van der Waals surface area contributed by atoms with E-state index in [1.807, 2.05) is 18.2 Å². The van der Waals surface area contributed by atoms with Crippen molar-refractivity contribution in [2.45, 2.75) is 38.4 Å². The summed E-state index contributed by atoms with van der Waals surface area (Å²) in [6.45, 7) is 2.11. The fourth-order valence-electron chi connectivity index (χ4n) is 5.22. The molecule has 6 rings (SSSR count). The standard InChI is InChI=1S/C26H24ClF2N5O2S/c27-16-8-15-2-1-6-33(17-11-30-12-17)24(15)20(9-16)19-3-5-31-21-10-18(37-25(19)21)13-34-23(35)4-7-32(26(34)36)14-22(28)29/h3-5,7-10,17,22,30H,1-2,6,11-14H2. The summed E-state index contributed by atoms with van der Waals surface area (Å²) in [7, 11) is 0. The molecule has 5 heterocycles. The number of nitrogens with zero attached hydrogens (tertiary/aromatic N) is 4. The predicted molar refractivity (Wildman–Crippen MR) is 142 cm³/mol. The maximum absolute atomic E-state index is 12.9. The summed E-state index contributed by atoms with van der Waals surface area (Å²) in [6, 6.07) is 9.47. The number of alkyl halides is 2. The first-order valence-electron chi connectivity index (χ1n) is 12.1. The van der Waals surface area contributed by atoms with Crippen LogP contribution in [0.3, 0.4) is 0 Å². The molecule has 0 bridgehead atoms. The van der Waals surface area contributed by atoms with Gasteiger partial charge in [0.1, 0.15) is 0 Å². The first kappa shape index (κ1) is 24.3. The van der Waals surface area contributed by atoms with E-state index in [9.17, 15) is 18.4 Å². The first-order chi connectivity index (χ1) is 17.9. The van der Waals surface area contributed by atoms with Gasteiger partial charge in [-0.2, -0.15) is 0 Å². The second-order valence-corrected chi connectivity index (χ2v) is 11.0. The number of pyridine rings is 1. The summed E-state index contributed by atoms with van der Waals surface area (Å²) in [4.78, 5) is 32.9. The van der Waals surface area contributed by atoms with Gasteiger partial charge in [0.15, 0.2) is 0 Å². The van der Waals surface area contributed by atoms with Crippen molar-refractivity contribution in [3.8, 4) is 11.1 Å². The van der Waals surface area contributed by atoms with E-state index >= 15 is 0 Å². The Morgan fingerprint density at radius 2 is 2.00 bits per heavy atom. The molecule has 37 heavy (non-hydrogen) atoms. The van der Waals surface area contributed by atoms with Crippen molar-refractivity contribution in [3.63, 3.8) is 0 Å². The summed E-state index contributed by atoms with van der Waals surface area (Å²) in [5.41, 5.74) is 3.94. The van der Waals surface area contributed by atoms with Crippen LogP contribution < -0.4 is 21.5 Å². The lowest BCUT2D eigenvalue weighted by Gasteiger charge is -2.44. The number of nitrogens with one attached hydrogen (secondary N) is 1. The molecule has 1 saturated heterocycles. The molecular weight excluding hydrogens is 520 g/mol. The minimum atomic E-state index is -2.70. The van der Waals surface area contributed by atoms with Crippen LogP contribution in [-0.2, 0) is 19.5 Å². The monoisotopic (exact) mass is 543 g/mol. The van der Waals surface area contributed by atoms with Gasteiger partial charge < -0.3 is 10.2 Å². The second-order valence-electron chi connectivity index (χ2n) is 9.42. The Labute approximate surface area is 219 Å². The largest absolute Gasteiger partial charge is 0.365 e. The van der Waals surface area contributed by atoms with Crippen LogP contribution in [0, 0.1) is 0 Å². The van der Waals surface area contributed by atoms with Crippen LogP contribution in [-0.4, -0.2) is 46.2 Å². The molecule has 0 unspecified atom stereocenters. The summed E-state index contributed by atoms with van der Waals surface area (Å²) < 4.78 is 28.6. The van der Waals surface area contributed by atoms with E-state index in [-0.39, 0.29) is 6.54 Å². The summed E-state index contributed by atoms with van der Waals surface area (Å²) >= 11 is 8.03. The van der Waals surface area contributed by atoms with Gasteiger partial charge in [0.2, 0.25) is 0 Å². The maximum atomic E-state index is 12.9. The zero-order valence-corrected chi connectivity index (χ0v) is 21.4. The Morgan fingerprint density at radius 3 is 2.76 bits per heavy atom. The number of anilines is 1. The molecule has 11 heteroatoms. The molecule has 1 fully saturated rings. The summed E-state index contributed by atoms with van der Waals surface area (Å²) in [5, 5.41) is 4.05. The van der Waals surface area contributed by atoms with E-state index in [1.165, 1.54) is 22.6 Å². The molecule has 0 amide bonds. The van der Waals surface area contributed by atoms with Gasteiger partial charge in [0.25, 0.3) is 12.0 Å². The lowest BCUT2D eigenvalue weighted by atomic mass is 9.92. The van der Waals surface area contributed by atoms with Crippen molar-refractivity contribution in [1.82, 2.24) is 19.4 Å². The number of rotatable bonds is 6. The molecule has 0 aliphatic carbocycles. The fraction of sp³-hybridized carbons (Fsp3) is 0.346. The van der Waals surface area contributed by atoms with Crippen molar-refractivity contribution in [1.29, 1.82) is 0 Å². The topological polar surface area (TPSA) is 72.2 Å². The number of aromatic nitrogens is 3. The third-order valence-electron chi connectivity index (χ3n) is 7.03. The quantitative estimate of drug-likeness (QED) is 0.398. The SMILES string of the molecule is O=c1ccn(CC(F)F)c(=O)n1Cc1cc2nccc(-c3cc(Cl)cc4c3N(C3CNC3)CCC4)c2s1. The summed E-state index contributed by atoms with van der Waals surface area (Å²) in [6.07, 6.45) is 2.21. The molecule has 3 aromatic heterocycles. The van der Waals surface area contributed by atoms with Crippen LogP contribution in [0.4, 0.5) is 14.5 Å². The maximum Gasteiger partial charge on any atom is 0.331 e. The number of halogens is 3. The number of thiophene rings is 1. The van der Waals surface area contributed by atoms with Crippen LogP contribution >= 0.6 is 22.9 Å². The zero-order chi connectivity index (χ0) is 25.7. The van der Waals surface area contributed by atoms with Gasteiger partial charge >= 0.3 is 5.69 Å². The minimum Gasteiger partial charge on any atom is -0.365 e. The van der Waals surface area contributed by atoms with Crippen LogP contribution in [0.15, 0.2) is 52.3 Å². The van der Waals surface area contributed by atoms with Gasteiger partial charge in [0.05, 0.1) is 29.3 Å². The Bertz CT molecular complexity index is 1610. The second kappa shape index (κ2) is 9.66. The number of hydrogen-bond donors (Lipinski definition) is 1. The molecule has 0 radical (unpaired) electrons. The van der Waals surface area contributed by atoms with Crippen LogP contribution in [0.25, 0.3) is 21.3 Å². The molecule has 1 N–H and O–H groups in total. The van der Waals surface area contributed by atoms with Gasteiger partial charge in [-0.05, 0) is 42.7 Å². The Kier molecular flexibility index (Phi) is 6.34. The van der Waals surface area contributed by atoms with Crippen LogP contribution in [0.1, 0.15) is 16.9 Å². The molecular formula is C26H24ClF2N5O2S. The van der Waals surface area contributed by atoms with E-state index in [1.54, 1.807) is 6.20 Å². The fourth-order valence-corrected chi connectivity index (χ4v) is 6.60. The molecule has 7 nitrogen and oxygen atoms in total. The van der Waals surface area contributed by atoms with E-state index in [0.29, 0.717) is 11.1 Å². The molecule has 0 saturated carbocycles. The molecule has 2 aliphatic heterocycles. The molecule has 0 spiro atoms. The normalized spacial score (nSPS) is 15.8. The number of aryl methyl sites for hydroxylation is 1. The third kappa shape index (κ3) is 4.47. The molecule has 1 aromatic carbocycles. The van der Waals surface area contributed by atoms with Crippen LogP contribution in [0.2, 0.25) is 5.02 Å². The Balaban J connectivity index is 1.44. The van der Waals surface area contributed by atoms with E-state index < -0.39 is 24.2 Å². The zero-order valence-electron chi connectivity index (χ0n) is 19.8.